The molecule has 3 aromatic rings. The van der Waals surface area contributed by atoms with Crippen LogP contribution in [0, 0.1) is 27.7 Å². The van der Waals surface area contributed by atoms with Crippen LogP contribution in [-0.4, -0.2) is 59.9 Å². The Morgan fingerprint density at radius 2 is 1.07 bits per heavy atom. The first-order valence-electron chi connectivity index (χ1n) is 14.9. The van der Waals surface area contributed by atoms with Crippen LogP contribution in [0.25, 0.3) is 0 Å². The zero-order chi connectivity index (χ0) is 29.3. The van der Waals surface area contributed by atoms with Gasteiger partial charge in [-0.1, -0.05) is 95.3 Å². The average Bonchev–Trinajstić information content (AvgIpc) is 3.01. The monoisotopic (exact) mass is 600 g/mol. The van der Waals surface area contributed by atoms with Gasteiger partial charge in [-0.05, 0) is 73.9 Å². The van der Waals surface area contributed by atoms with Gasteiger partial charge < -0.3 is 10.6 Å². The summed E-state index contributed by atoms with van der Waals surface area (Å²) in [4.78, 5) is 14.4. The van der Waals surface area contributed by atoms with Gasteiger partial charge in [-0.3, -0.25) is 9.80 Å². The molecule has 0 radical (unpaired) electrons. The fourth-order valence-corrected chi connectivity index (χ4v) is 7.00. The highest BCUT2D eigenvalue weighted by Crippen LogP contribution is 2.23. The number of benzene rings is 3. The minimum Gasteiger partial charge on any atom is -0.352 e. The highest BCUT2D eigenvalue weighted by molar-refractivity contribution is 8.13. The number of amidine groups is 2. The van der Waals surface area contributed by atoms with Crippen LogP contribution in [-0.2, 0) is 24.3 Å². The molecule has 5 rings (SSSR count). The van der Waals surface area contributed by atoms with Crippen molar-refractivity contribution in [2.45, 2.75) is 52.0 Å². The SMILES string of the molecule is Cc1ccc(C)c(CCN2CN=C(SCc3ccccc3CSC3=NCN(CCc4cc(C)ccc4C)CN3)NC2)c1. The van der Waals surface area contributed by atoms with Crippen LogP contribution in [0.5, 0.6) is 0 Å². The standard InChI is InChI=1S/C34H44N6S2/c1-25-9-11-27(3)29(17-25)13-15-39-21-35-33(36-22-39)41-19-31-7-5-6-8-32(31)20-42-34-37-23-40(24-38-34)16-14-30-18-26(2)10-12-28(30)4/h5-12,17-18H,13-16,19-24H2,1-4H3,(H,35,36)(H,37,38). The van der Waals surface area contributed by atoms with Crippen molar-refractivity contribution in [3.8, 4) is 0 Å². The van der Waals surface area contributed by atoms with Gasteiger partial charge in [-0.2, -0.15) is 0 Å². The minimum absolute atomic E-state index is 0.755. The van der Waals surface area contributed by atoms with Crippen LogP contribution in [0.15, 0.2) is 70.6 Å². The lowest BCUT2D eigenvalue weighted by Crippen LogP contribution is -2.42. The van der Waals surface area contributed by atoms with E-state index in [2.05, 4.69) is 109 Å². The average molecular weight is 601 g/mol. The third-order valence-electron chi connectivity index (χ3n) is 7.99. The second kappa shape index (κ2) is 15.1. The Bertz CT molecular complexity index is 1310. The molecule has 0 saturated heterocycles. The number of hydrogen-bond donors (Lipinski definition) is 2. The van der Waals surface area contributed by atoms with E-state index in [0.717, 1.165) is 74.4 Å². The van der Waals surface area contributed by atoms with Gasteiger partial charge in [0.25, 0.3) is 0 Å². The van der Waals surface area contributed by atoms with E-state index in [0.29, 0.717) is 0 Å². The van der Waals surface area contributed by atoms with Gasteiger partial charge in [0.15, 0.2) is 10.3 Å². The molecule has 0 aliphatic carbocycles. The maximum Gasteiger partial charge on any atom is 0.159 e. The van der Waals surface area contributed by atoms with E-state index in [4.69, 9.17) is 9.98 Å². The molecular formula is C34H44N6S2. The Morgan fingerprint density at radius 1 is 0.619 bits per heavy atom. The first-order chi connectivity index (χ1) is 20.4. The van der Waals surface area contributed by atoms with Crippen LogP contribution in [0.1, 0.15) is 44.5 Å². The number of aliphatic imine (C=N–C) groups is 2. The van der Waals surface area contributed by atoms with Crippen molar-refractivity contribution in [1.29, 1.82) is 0 Å². The first kappa shape index (κ1) is 30.7. The Kier molecular flexibility index (Phi) is 11.0. The van der Waals surface area contributed by atoms with E-state index in [1.54, 1.807) is 23.5 Å². The quantitative estimate of drug-likeness (QED) is 0.288. The molecule has 3 aromatic carbocycles. The minimum atomic E-state index is 0.755. The third-order valence-corrected chi connectivity index (χ3v) is 9.99. The molecule has 2 heterocycles. The molecule has 222 valence electrons. The normalized spacial score (nSPS) is 16.0. The first-order valence-corrected chi connectivity index (χ1v) is 16.9. The van der Waals surface area contributed by atoms with Gasteiger partial charge in [-0.25, -0.2) is 9.98 Å². The molecule has 42 heavy (non-hydrogen) atoms. The summed E-state index contributed by atoms with van der Waals surface area (Å²) in [6.07, 6.45) is 2.12. The lowest BCUT2D eigenvalue weighted by Gasteiger charge is -2.27. The molecule has 0 unspecified atom stereocenters. The van der Waals surface area contributed by atoms with Gasteiger partial charge in [-0.15, -0.1) is 0 Å². The molecule has 0 bridgehead atoms. The number of hydrogen-bond acceptors (Lipinski definition) is 8. The maximum absolute atomic E-state index is 4.83. The number of thioether (sulfide) groups is 2. The van der Waals surface area contributed by atoms with Crippen LogP contribution in [0.4, 0.5) is 0 Å². The fraction of sp³-hybridized carbons (Fsp3) is 0.412. The van der Waals surface area contributed by atoms with Crippen LogP contribution < -0.4 is 10.6 Å². The van der Waals surface area contributed by atoms with Crippen molar-refractivity contribution in [3.63, 3.8) is 0 Å². The molecule has 0 fully saturated rings. The topological polar surface area (TPSA) is 55.3 Å². The summed E-state index contributed by atoms with van der Waals surface area (Å²) in [5, 5.41) is 9.15. The van der Waals surface area contributed by atoms with E-state index in [-0.39, 0.29) is 0 Å². The van der Waals surface area contributed by atoms with Crippen molar-refractivity contribution in [2.24, 2.45) is 9.98 Å². The van der Waals surface area contributed by atoms with Crippen LogP contribution in [0.2, 0.25) is 0 Å². The van der Waals surface area contributed by atoms with Crippen molar-refractivity contribution in [2.75, 3.05) is 39.8 Å². The zero-order valence-corrected chi connectivity index (χ0v) is 27.1. The Labute approximate surface area is 260 Å². The molecule has 2 aliphatic heterocycles. The zero-order valence-electron chi connectivity index (χ0n) is 25.4. The highest BCUT2D eigenvalue weighted by atomic mass is 32.2. The van der Waals surface area contributed by atoms with E-state index in [9.17, 15) is 0 Å². The van der Waals surface area contributed by atoms with Gasteiger partial charge >= 0.3 is 0 Å². The predicted molar refractivity (Wildman–Crippen MR) is 182 cm³/mol. The summed E-state index contributed by atoms with van der Waals surface area (Å²) in [5.41, 5.74) is 11.0. The van der Waals surface area contributed by atoms with E-state index >= 15 is 0 Å². The van der Waals surface area contributed by atoms with Crippen molar-refractivity contribution < 1.29 is 0 Å². The molecule has 6 nitrogen and oxygen atoms in total. The molecule has 0 spiro atoms. The summed E-state index contributed by atoms with van der Waals surface area (Å²) in [5.74, 6) is 1.83. The summed E-state index contributed by atoms with van der Waals surface area (Å²) < 4.78 is 0. The number of nitrogens with one attached hydrogen (secondary N) is 2. The van der Waals surface area contributed by atoms with Gasteiger partial charge in [0.05, 0.1) is 26.7 Å². The van der Waals surface area contributed by atoms with Gasteiger partial charge in [0.1, 0.15) is 0 Å². The third kappa shape index (κ3) is 8.86. The highest BCUT2D eigenvalue weighted by Gasteiger charge is 2.16. The number of aryl methyl sites for hydroxylation is 4. The molecule has 0 amide bonds. The van der Waals surface area contributed by atoms with Crippen molar-refractivity contribution in [1.82, 2.24) is 20.4 Å². The lowest BCUT2D eigenvalue weighted by molar-refractivity contribution is 0.270. The number of nitrogens with zero attached hydrogens (tertiary/aromatic N) is 4. The second-order valence-corrected chi connectivity index (χ2v) is 13.3. The second-order valence-electron chi connectivity index (χ2n) is 11.4. The summed E-state index contributed by atoms with van der Waals surface area (Å²) in [6, 6.07) is 22.2. The van der Waals surface area contributed by atoms with E-state index in [1.807, 2.05) is 0 Å². The molecular weight excluding hydrogens is 557 g/mol. The predicted octanol–water partition coefficient (Wildman–Crippen LogP) is 6.22. The van der Waals surface area contributed by atoms with Crippen LogP contribution >= 0.6 is 23.5 Å². The molecule has 0 saturated carbocycles. The Hall–Kier alpha value is -2.78. The maximum atomic E-state index is 4.83. The fourth-order valence-electron chi connectivity index (χ4n) is 5.22. The Morgan fingerprint density at radius 3 is 1.48 bits per heavy atom. The Balaban J connectivity index is 1.05. The van der Waals surface area contributed by atoms with Gasteiger partial charge in [0, 0.05) is 24.6 Å². The molecule has 0 aromatic heterocycles. The van der Waals surface area contributed by atoms with E-state index in [1.165, 1.54) is 44.5 Å². The molecule has 0 atom stereocenters. The van der Waals surface area contributed by atoms with Gasteiger partial charge in [0.2, 0.25) is 0 Å². The summed E-state index contributed by atoms with van der Waals surface area (Å²) in [7, 11) is 0. The lowest BCUT2D eigenvalue weighted by atomic mass is 10.0. The van der Waals surface area contributed by atoms with Crippen molar-refractivity contribution in [3.05, 3.63) is 105 Å². The largest absolute Gasteiger partial charge is 0.352 e. The van der Waals surface area contributed by atoms with Crippen molar-refractivity contribution >= 4 is 33.9 Å². The van der Waals surface area contributed by atoms with Crippen LogP contribution in [0.3, 0.4) is 0 Å². The smallest absolute Gasteiger partial charge is 0.159 e. The molecule has 2 N–H and O–H groups in total. The van der Waals surface area contributed by atoms with E-state index < -0.39 is 0 Å². The summed E-state index contributed by atoms with van der Waals surface area (Å²) in [6.45, 7) is 14.0. The number of rotatable bonds is 10. The molecule has 2 aliphatic rings. The summed E-state index contributed by atoms with van der Waals surface area (Å²) >= 11 is 3.61. The molecule has 8 heteroatoms.